The Bertz CT molecular complexity index is 669. The fourth-order valence-corrected chi connectivity index (χ4v) is 2.17. The van der Waals surface area contributed by atoms with Crippen LogP contribution in [0, 0.1) is 13.8 Å². The molecule has 0 spiro atoms. The molecule has 0 atom stereocenters. The van der Waals surface area contributed by atoms with Crippen molar-refractivity contribution >= 4 is 11.6 Å². The second-order valence-corrected chi connectivity index (χ2v) is 5.00. The molecule has 0 fully saturated rings. The molecule has 3 nitrogen and oxygen atoms in total. The molecule has 0 N–H and O–H groups in total. The summed E-state index contributed by atoms with van der Waals surface area (Å²) >= 11 is 0. The molecule has 108 valence electrons. The lowest BCUT2D eigenvalue weighted by Gasteiger charge is -2.07. The van der Waals surface area contributed by atoms with Crippen molar-refractivity contribution in [1.82, 2.24) is 0 Å². The molecule has 2 aromatic carbocycles. The van der Waals surface area contributed by atoms with Crippen LogP contribution in [0.3, 0.4) is 0 Å². The van der Waals surface area contributed by atoms with E-state index in [0.717, 1.165) is 11.1 Å². The van der Waals surface area contributed by atoms with Gasteiger partial charge in [-0.1, -0.05) is 18.2 Å². The van der Waals surface area contributed by atoms with E-state index in [1.165, 1.54) is 0 Å². The third-order valence-corrected chi connectivity index (χ3v) is 3.64. The van der Waals surface area contributed by atoms with Gasteiger partial charge in [0.15, 0.2) is 11.6 Å². The van der Waals surface area contributed by atoms with Crippen molar-refractivity contribution < 1.29 is 14.3 Å². The Labute approximate surface area is 124 Å². The maximum absolute atomic E-state index is 12.3. The summed E-state index contributed by atoms with van der Waals surface area (Å²) in [7, 11) is 1.57. The zero-order valence-electron chi connectivity index (χ0n) is 12.5. The minimum atomic E-state index is -0.177. The molecule has 0 radical (unpaired) electrons. The molecule has 0 unspecified atom stereocenters. The first-order chi connectivity index (χ1) is 10.0. The number of carbonyl (C=O) groups is 2. The highest BCUT2D eigenvalue weighted by Crippen LogP contribution is 2.17. The summed E-state index contributed by atoms with van der Waals surface area (Å²) in [4.78, 5) is 24.4. The quantitative estimate of drug-likeness (QED) is 0.619. The Balaban J connectivity index is 2.15. The molecule has 0 amide bonds. The second-order valence-electron chi connectivity index (χ2n) is 5.00. The van der Waals surface area contributed by atoms with Crippen molar-refractivity contribution in [3.8, 4) is 5.75 Å². The van der Waals surface area contributed by atoms with Gasteiger partial charge in [0.2, 0.25) is 0 Å². The maximum Gasteiger partial charge on any atom is 0.170 e. The summed E-state index contributed by atoms with van der Waals surface area (Å²) in [6.07, 6.45) is -0.114. The molecule has 0 aliphatic heterocycles. The van der Waals surface area contributed by atoms with Crippen LogP contribution < -0.4 is 4.74 Å². The van der Waals surface area contributed by atoms with Crippen LogP contribution in [0.15, 0.2) is 42.5 Å². The first-order valence-electron chi connectivity index (χ1n) is 6.79. The van der Waals surface area contributed by atoms with E-state index in [-0.39, 0.29) is 18.0 Å². The summed E-state index contributed by atoms with van der Waals surface area (Å²) in [5.41, 5.74) is 3.13. The molecule has 2 rings (SSSR count). The standard InChI is InChI=1S/C18H18O3/c1-12-5-4-6-16(13(12)2)18(20)11-17(19)14-7-9-15(21-3)10-8-14/h4-10H,11H2,1-3H3. The van der Waals surface area contributed by atoms with Crippen LogP contribution in [0.2, 0.25) is 0 Å². The van der Waals surface area contributed by atoms with E-state index in [1.54, 1.807) is 37.4 Å². The number of ether oxygens (including phenoxy) is 1. The molecular weight excluding hydrogens is 264 g/mol. The topological polar surface area (TPSA) is 43.4 Å². The zero-order valence-corrected chi connectivity index (χ0v) is 12.5. The van der Waals surface area contributed by atoms with Gasteiger partial charge in [-0.05, 0) is 49.2 Å². The smallest absolute Gasteiger partial charge is 0.170 e. The highest BCUT2D eigenvalue weighted by Gasteiger charge is 2.16. The van der Waals surface area contributed by atoms with Crippen LogP contribution in [-0.4, -0.2) is 18.7 Å². The first kappa shape index (κ1) is 15.0. The molecule has 0 aromatic heterocycles. The lowest BCUT2D eigenvalue weighted by atomic mass is 9.96. The number of ketones is 2. The molecule has 0 aliphatic rings. The normalized spacial score (nSPS) is 10.2. The van der Waals surface area contributed by atoms with Gasteiger partial charge in [-0.3, -0.25) is 9.59 Å². The van der Waals surface area contributed by atoms with Crippen molar-refractivity contribution in [2.45, 2.75) is 20.3 Å². The van der Waals surface area contributed by atoms with Gasteiger partial charge < -0.3 is 4.74 Å². The van der Waals surface area contributed by atoms with Crippen molar-refractivity contribution in [2.24, 2.45) is 0 Å². The average Bonchev–Trinajstić information content (AvgIpc) is 2.50. The first-order valence-corrected chi connectivity index (χ1v) is 6.79. The maximum atomic E-state index is 12.3. The molecule has 21 heavy (non-hydrogen) atoms. The second kappa shape index (κ2) is 6.35. The van der Waals surface area contributed by atoms with E-state index < -0.39 is 0 Å². The van der Waals surface area contributed by atoms with Gasteiger partial charge in [-0.25, -0.2) is 0 Å². The van der Waals surface area contributed by atoms with E-state index in [0.29, 0.717) is 16.9 Å². The number of rotatable bonds is 5. The third-order valence-electron chi connectivity index (χ3n) is 3.64. The van der Waals surface area contributed by atoms with Crippen LogP contribution in [0.5, 0.6) is 5.75 Å². The SMILES string of the molecule is COc1ccc(C(=O)CC(=O)c2cccc(C)c2C)cc1. The Kier molecular flexibility index (Phi) is 4.53. The van der Waals surface area contributed by atoms with Crippen molar-refractivity contribution in [1.29, 1.82) is 0 Å². The number of Topliss-reactive ketones (excluding diaryl/α,β-unsaturated/α-hetero) is 2. The Morgan fingerprint density at radius 1 is 0.952 bits per heavy atom. The fourth-order valence-electron chi connectivity index (χ4n) is 2.17. The zero-order chi connectivity index (χ0) is 15.4. The average molecular weight is 282 g/mol. The minimum Gasteiger partial charge on any atom is -0.497 e. The van der Waals surface area contributed by atoms with Gasteiger partial charge in [0.05, 0.1) is 13.5 Å². The van der Waals surface area contributed by atoms with Crippen LogP contribution in [0.25, 0.3) is 0 Å². The van der Waals surface area contributed by atoms with E-state index in [1.807, 2.05) is 26.0 Å². The van der Waals surface area contributed by atoms with Gasteiger partial charge in [-0.15, -0.1) is 0 Å². The van der Waals surface area contributed by atoms with Gasteiger partial charge in [0, 0.05) is 11.1 Å². The van der Waals surface area contributed by atoms with E-state index in [4.69, 9.17) is 4.74 Å². The molecule has 0 heterocycles. The number of methoxy groups -OCH3 is 1. The Hall–Kier alpha value is -2.42. The summed E-state index contributed by atoms with van der Waals surface area (Å²) in [6.45, 7) is 3.86. The number of hydrogen-bond donors (Lipinski definition) is 0. The van der Waals surface area contributed by atoms with E-state index >= 15 is 0 Å². The Morgan fingerprint density at radius 3 is 2.24 bits per heavy atom. The van der Waals surface area contributed by atoms with Crippen LogP contribution in [0.4, 0.5) is 0 Å². The van der Waals surface area contributed by atoms with E-state index in [9.17, 15) is 9.59 Å². The predicted molar refractivity (Wildman–Crippen MR) is 82.2 cm³/mol. The summed E-state index contributed by atoms with van der Waals surface area (Å²) in [6, 6.07) is 12.4. The largest absolute Gasteiger partial charge is 0.497 e. The fraction of sp³-hybridized carbons (Fsp3) is 0.222. The summed E-state index contributed by atoms with van der Waals surface area (Å²) < 4.78 is 5.05. The molecular formula is C18H18O3. The number of hydrogen-bond acceptors (Lipinski definition) is 3. The number of aryl methyl sites for hydroxylation is 1. The lowest BCUT2D eigenvalue weighted by Crippen LogP contribution is -2.10. The lowest BCUT2D eigenvalue weighted by molar-refractivity contribution is 0.0894. The van der Waals surface area contributed by atoms with Crippen molar-refractivity contribution in [3.63, 3.8) is 0 Å². The molecule has 0 saturated carbocycles. The van der Waals surface area contributed by atoms with Crippen molar-refractivity contribution in [2.75, 3.05) is 7.11 Å². The van der Waals surface area contributed by atoms with Gasteiger partial charge >= 0.3 is 0 Å². The molecule has 0 bridgehead atoms. The third kappa shape index (κ3) is 3.37. The van der Waals surface area contributed by atoms with Crippen LogP contribution in [0.1, 0.15) is 38.3 Å². The van der Waals surface area contributed by atoms with Gasteiger partial charge in [0.25, 0.3) is 0 Å². The number of carbonyl (C=O) groups excluding carboxylic acids is 2. The van der Waals surface area contributed by atoms with Gasteiger partial charge in [-0.2, -0.15) is 0 Å². The molecule has 0 aliphatic carbocycles. The molecule has 2 aromatic rings. The van der Waals surface area contributed by atoms with E-state index in [2.05, 4.69) is 0 Å². The van der Waals surface area contributed by atoms with Gasteiger partial charge in [0.1, 0.15) is 5.75 Å². The van der Waals surface area contributed by atoms with Crippen LogP contribution in [-0.2, 0) is 0 Å². The highest BCUT2D eigenvalue weighted by molar-refractivity contribution is 6.14. The molecule has 0 saturated heterocycles. The predicted octanol–water partition coefficient (Wildman–Crippen LogP) is 3.77. The molecule has 3 heteroatoms. The summed E-state index contributed by atoms with van der Waals surface area (Å²) in [5.74, 6) is 0.369. The van der Waals surface area contributed by atoms with Crippen molar-refractivity contribution in [3.05, 3.63) is 64.7 Å². The monoisotopic (exact) mass is 282 g/mol. The minimum absolute atomic E-state index is 0.114. The Morgan fingerprint density at radius 2 is 1.62 bits per heavy atom. The van der Waals surface area contributed by atoms with Crippen LogP contribution >= 0.6 is 0 Å². The number of benzene rings is 2. The highest BCUT2D eigenvalue weighted by atomic mass is 16.5. The summed E-state index contributed by atoms with van der Waals surface area (Å²) in [5, 5.41) is 0.